The highest BCUT2D eigenvalue weighted by molar-refractivity contribution is 6.01. The molecule has 0 radical (unpaired) electrons. The number of likely N-dealkylation sites (tertiary alicyclic amines) is 1. The molecule has 35 heavy (non-hydrogen) atoms. The third-order valence-electron chi connectivity index (χ3n) is 6.61. The summed E-state index contributed by atoms with van der Waals surface area (Å²) in [4.78, 5) is 19.4. The Bertz CT molecular complexity index is 1300. The number of aromatic amines is 1. The molecule has 2 aromatic carbocycles. The van der Waals surface area contributed by atoms with Gasteiger partial charge in [0.25, 0.3) is 5.91 Å². The molecule has 1 atom stereocenters. The molecule has 1 fully saturated rings. The molecule has 1 saturated heterocycles. The van der Waals surface area contributed by atoms with E-state index in [1.54, 1.807) is 18.5 Å². The zero-order valence-corrected chi connectivity index (χ0v) is 19.3. The Morgan fingerprint density at radius 3 is 2.69 bits per heavy atom. The Hall–Kier alpha value is -3.65. The number of hydrogen-bond donors (Lipinski definition) is 2. The number of pyridine rings is 1. The van der Waals surface area contributed by atoms with E-state index in [1.807, 2.05) is 24.3 Å². The fourth-order valence-electron chi connectivity index (χ4n) is 4.74. The van der Waals surface area contributed by atoms with Gasteiger partial charge in [0, 0.05) is 53.6 Å². The first-order chi connectivity index (χ1) is 17.1. The number of benzene rings is 2. The van der Waals surface area contributed by atoms with E-state index in [1.165, 1.54) is 18.2 Å². The lowest BCUT2D eigenvalue weighted by atomic mass is 10.1. The predicted octanol–water partition coefficient (Wildman–Crippen LogP) is 4.73. The van der Waals surface area contributed by atoms with Gasteiger partial charge in [0.15, 0.2) is 0 Å². The lowest BCUT2D eigenvalue weighted by Crippen LogP contribution is -2.43. The SMILES string of the molecule is O=C(NC1CCCCN(CCc2c(F)cccc2F)C1)c1ccc2[nH]nc(-c3ccncc3)c2c1. The van der Waals surface area contributed by atoms with E-state index in [9.17, 15) is 13.6 Å². The van der Waals surface area contributed by atoms with E-state index in [2.05, 4.69) is 25.4 Å². The summed E-state index contributed by atoms with van der Waals surface area (Å²) in [6.45, 7) is 2.04. The summed E-state index contributed by atoms with van der Waals surface area (Å²) in [5.74, 6) is -1.16. The number of aromatic nitrogens is 3. The van der Waals surface area contributed by atoms with Crippen molar-refractivity contribution >= 4 is 16.8 Å². The standard InChI is InChI=1S/C27H27F2N5O/c28-23-5-3-6-24(29)21(23)11-15-34-14-2-1-4-20(17-34)31-27(35)19-7-8-25-22(16-19)26(33-32-25)18-9-12-30-13-10-18/h3,5-10,12-13,16,20H,1-2,4,11,14-15,17H2,(H,31,35)(H,32,33). The maximum Gasteiger partial charge on any atom is 0.251 e. The molecule has 2 aromatic heterocycles. The third-order valence-corrected chi connectivity index (χ3v) is 6.61. The topological polar surface area (TPSA) is 73.9 Å². The molecule has 4 aromatic rings. The van der Waals surface area contributed by atoms with Crippen molar-refractivity contribution in [1.82, 2.24) is 25.4 Å². The van der Waals surface area contributed by atoms with Crippen molar-refractivity contribution < 1.29 is 13.6 Å². The lowest BCUT2D eigenvalue weighted by Gasteiger charge is -2.25. The van der Waals surface area contributed by atoms with E-state index < -0.39 is 11.6 Å². The number of hydrogen-bond acceptors (Lipinski definition) is 4. The monoisotopic (exact) mass is 475 g/mol. The van der Waals surface area contributed by atoms with Crippen LogP contribution in [0.4, 0.5) is 8.78 Å². The van der Waals surface area contributed by atoms with Crippen LogP contribution < -0.4 is 5.32 Å². The molecular formula is C27H27F2N5O. The van der Waals surface area contributed by atoms with Crippen LogP contribution in [0.2, 0.25) is 0 Å². The highest BCUT2D eigenvalue weighted by Crippen LogP contribution is 2.26. The second-order valence-corrected chi connectivity index (χ2v) is 8.99. The molecule has 0 aliphatic carbocycles. The molecule has 1 unspecified atom stereocenters. The molecule has 1 aliphatic rings. The van der Waals surface area contributed by atoms with Gasteiger partial charge in [-0.3, -0.25) is 14.9 Å². The number of amides is 1. The van der Waals surface area contributed by atoms with Crippen molar-refractivity contribution in [2.75, 3.05) is 19.6 Å². The second-order valence-electron chi connectivity index (χ2n) is 8.99. The molecule has 0 bridgehead atoms. The quantitative estimate of drug-likeness (QED) is 0.423. The maximum absolute atomic E-state index is 14.0. The lowest BCUT2D eigenvalue weighted by molar-refractivity contribution is 0.0926. The predicted molar refractivity (Wildman–Crippen MR) is 131 cm³/mol. The average molecular weight is 476 g/mol. The van der Waals surface area contributed by atoms with Gasteiger partial charge in [0.05, 0.1) is 5.52 Å². The molecule has 8 heteroatoms. The number of nitrogens with zero attached hydrogens (tertiary/aromatic N) is 3. The summed E-state index contributed by atoms with van der Waals surface area (Å²) in [7, 11) is 0. The Balaban J connectivity index is 1.27. The third kappa shape index (κ3) is 5.22. The molecule has 0 spiro atoms. The highest BCUT2D eigenvalue weighted by atomic mass is 19.1. The zero-order chi connectivity index (χ0) is 24.2. The largest absolute Gasteiger partial charge is 0.348 e. The molecule has 6 nitrogen and oxygen atoms in total. The fourth-order valence-corrected chi connectivity index (χ4v) is 4.74. The first-order valence-electron chi connectivity index (χ1n) is 11.9. The summed E-state index contributed by atoms with van der Waals surface area (Å²) < 4.78 is 28.0. The fraction of sp³-hybridized carbons (Fsp3) is 0.296. The molecule has 180 valence electrons. The second kappa shape index (κ2) is 10.3. The average Bonchev–Trinajstić information content (AvgIpc) is 3.17. The summed E-state index contributed by atoms with van der Waals surface area (Å²) in [5, 5.41) is 11.5. The van der Waals surface area contributed by atoms with Crippen molar-refractivity contribution in [2.45, 2.75) is 31.7 Å². The van der Waals surface area contributed by atoms with E-state index in [-0.39, 0.29) is 17.5 Å². The summed E-state index contributed by atoms with van der Waals surface area (Å²) in [6.07, 6.45) is 6.57. The first kappa shape index (κ1) is 23.1. The van der Waals surface area contributed by atoms with E-state index in [4.69, 9.17) is 0 Å². The zero-order valence-electron chi connectivity index (χ0n) is 19.3. The van der Waals surface area contributed by atoms with Gasteiger partial charge in [0.2, 0.25) is 0 Å². The normalized spacial score (nSPS) is 16.8. The van der Waals surface area contributed by atoms with Gasteiger partial charge in [-0.2, -0.15) is 5.10 Å². The number of rotatable bonds is 6. The van der Waals surface area contributed by atoms with E-state index in [0.29, 0.717) is 25.1 Å². The molecule has 0 saturated carbocycles. The van der Waals surface area contributed by atoms with Crippen LogP contribution in [0.25, 0.3) is 22.2 Å². The summed E-state index contributed by atoms with van der Waals surface area (Å²) in [6, 6.07) is 13.2. The van der Waals surface area contributed by atoms with Crippen LogP contribution in [-0.4, -0.2) is 51.7 Å². The van der Waals surface area contributed by atoms with Crippen molar-refractivity contribution in [2.24, 2.45) is 0 Å². The minimum atomic E-state index is -0.509. The van der Waals surface area contributed by atoms with Gasteiger partial charge < -0.3 is 10.2 Å². The minimum absolute atomic E-state index is 0.0322. The molecule has 5 rings (SSSR count). The Labute approximate surface area is 202 Å². The van der Waals surface area contributed by atoms with Gasteiger partial charge in [-0.25, -0.2) is 8.78 Å². The van der Waals surface area contributed by atoms with Crippen LogP contribution in [0, 0.1) is 11.6 Å². The number of carbonyl (C=O) groups is 1. The number of carbonyl (C=O) groups excluding carboxylic acids is 1. The number of fused-ring (bicyclic) bond motifs is 1. The van der Waals surface area contributed by atoms with Crippen LogP contribution in [-0.2, 0) is 6.42 Å². The van der Waals surface area contributed by atoms with Crippen molar-refractivity contribution in [1.29, 1.82) is 0 Å². The van der Waals surface area contributed by atoms with E-state index in [0.717, 1.165) is 48.0 Å². The van der Waals surface area contributed by atoms with Gasteiger partial charge in [-0.05, 0) is 68.3 Å². The van der Waals surface area contributed by atoms with Crippen LogP contribution in [0.5, 0.6) is 0 Å². The number of nitrogens with one attached hydrogen (secondary N) is 2. The van der Waals surface area contributed by atoms with Crippen LogP contribution in [0.3, 0.4) is 0 Å². The molecule has 3 heterocycles. The van der Waals surface area contributed by atoms with Crippen molar-refractivity contribution in [3.63, 3.8) is 0 Å². The van der Waals surface area contributed by atoms with Crippen molar-refractivity contribution in [3.05, 3.63) is 83.7 Å². The summed E-state index contributed by atoms with van der Waals surface area (Å²) >= 11 is 0. The molecule has 2 N–H and O–H groups in total. The Morgan fingerprint density at radius 1 is 1.09 bits per heavy atom. The summed E-state index contributed by atoms with van der Waals surface area (Å²) in [5.41, 5.74) is 3.25. The van der Waals surface area contributed by atoms with Gasteiger partial charge >= 0.3 is 0 Å². The molecular weight excluding hydrogens is 448 g/mol. The van der Waals surface area contributed by atoms with Crippen LogP contribution in [0.15, 0.2) is 60.9 Å². The highest BCUT2D eigenvalue weighted by Gasteiger charge is 2.22. The Kier molecular flexibility index (Phi) is 6.81. The molecule has 1 amide bonds. The molecule has 1 aliphatic heterocycles. The minimum Gasteiger partial charge on any atom is -0.348 e. The van der Waals surface area contributed by atoms with Crippen LogP contribution >= 0.6 is 0 Å². The number of H-pyrrole nitrogens is 1. The van der Waals surface area contributed by atoms with Gasteiger partial charge in [-0.1, -0.05) is 12.5 Å². The van der Waals surface area contributed by atoms with E-state index >= 15 is 0 Å². The van der Waals surface area contributed by atoms with Crippen molar-refractivity contribution in [3.8, 4) is 11.3 Å². The van der Waals surface area contributed by atoms with Crippen LogP contribution in [0.1, 0.15) is 35.2 Å². The first-order valence-corrected chi connectivity index (χ1v) is 11.9. The number of halogens is 2. The maximum atomic E-state index is 14.0. The Morgan fingerprint density at radius 2 is 1.89 bits per heavy atom. The smallest absolute Gasteiger partial charge is 0.251 e. The van der Waals surface area contributed by atoms with Gasteiger partial charge in [0.1, 0.15) is 17.3 Å². The van der Waals surface area contributed by atoms with Gasteiger partial charge in [-0.15, -0.1) is 0 Å².